The van der Waals surface area contributed by atoms with E-state index in [1.165, 1.54) is 12.1 Å². The highest BCUT2D eigenvalue weighted by atomic mass is 19.4. The number of hydrogen-bond acceptors (Lipinski definition) is 3. The highest BCUT2D eigenvalue weighted by Crippen LogP contribution is 2.31. The van der Waals surface area contributed by atoms with Crippen LogP contribution in [0.1, 0.15) is 17.0 Å². The highest BCUT2D eigenvalue weighted by Gasteiger charge is 2.30. The molecule has 0 saturated heterocycles. The molecule has 1 heterocycles. The maximum absolute atomic E-state index is 12.4. The first kappa shape index (κ1) is 12.6. The topological polar surface area (TPSA) is 52.0 Å². The van der Waals surface area contributed by atoms with Gasteiger partial charge in [-0.1, -0.05) is 0 Å². The Kier molecular flexibility index (Phi) is 3.13. The quantitative estimate of drug-likeness (QED) is 0.898. The second kappa shape index (κ2) is 4.45. The summed E-state index contributed by atoms with van der Waals surface area (Å²) >= 11 is 0. The van der Waals surface area contributed by atoms with Crippen molar-refractivity contribution in [2.24, 2.45) is 5.73 Å². The van der Waals surface area contributed by atoms with Gasteiger partial charge in [0.2, 0.25) is 5.89 Å². The number of aromatic nitrogens is 1. The summed E-state index contributed by atoms with van der Waals surface area (Å²) in [5.74, 6) is 0.856. The van der Waals surface area contributed by atoms with Crippen molar-refractivity contribution in [1.29, 1.82) is 0 Å². The third-order valence-corrected chi connectivity index (χ3v) is 2.55. The summed E-state index contributed by atoms with van der Waals surface area (Å²) in [6, 6.07) is 4.65. The predicted molar refractivity (Wildman–Crippen MR) is 59.6 cm³/mol. The van der Waals surface area contributed by atoms with Crippen molar-refractivity contribution < 1.29 is 17.6 Å². The summed E-state index contributed by atoms with van der Waals surface area (Å²) in [7, 11) is 0. The minimum atomic E-state index is -4.34. The maximum atomic E-state index is 12.4. The van der Waals surface area contributed by atoms with Gasteiger partial charge in [-0.15, -0.1) is 0 Å². The standard InChI is InChI=1S/C12H11F3N2O/c1-7-10(6-16)17-11(18-7)8-2-4-9(5-3-8)12(13,14)15/h2-5H,6,16H2,1H3. The van der Waals surface area contributed by atoms with E-state index in [1.54, 1.807) is 6.92 Å². The van der Waals surface area contributed by atoms with E-state index in [4.69, 9.17) is 10.2 Å². The van der Waals surface area contributed by atoms with Crippen molar-refractivity contribution in [1.82, 2.24) is 4.98 Å². The normalized spacial score (nSPS) is 11.8. The van der Waals surface area contributed by atoms with Crippen LogP contribution in [0.15, 0.2) is 28.7 Å². The summed E-state index contributed by atoms with van der Waals surface area (Å²) in [5, 5.41) is 0. The lowest BCUT2D eigenvalue weighted by Gasteiger charge is -2.05. The first-order valence-corrected chi connectivity index (χ1v) is 5.26. The second-order valence-electron chi connectivity index (χ2n) is 3.80. The number of rotatable bonds is 2. The van der Waals surface area contributed by atoms with Gasteiger partial charge < -0.3 is 10.2 Å². The van der Waals surface area contributed by atoms with E-state index in [-0.39, 0.29) is 12.4 Å². The van der Waals surface area contributed by atoms with Gasteiger partial charge >= 0.3 is 6.18 Å². The van der Waals surface area contributed by atoms with Gasteiger partial charge in [0.05, 0.1) is 11.3 Å². The molecule has 0 radical (unpaired) electrons. The van der Waals surface area contributed by atoms with Gasteiger partial charge in [0, 0.05) is 12.1 Å². The Labute approximate surface area is 101 Å². The van der Waals surface area contributed by atoms with Gasteiger partial charge in [-0.05, 0) is 31.2 Å². The molecule has 0 bridgehead atoms. The molecule has 0 fully saturated rings. The van der Waals surface area contributed by atoms with Crippen molar-refractivity contribution >= 4 is 0 Å². The highest BCUT2D eigenvalue weighted by molar-refractivity contribution is 5.54. The Bertz CT molecular complexity index is 543. The van der Waals surface area contributed by atoms with Crippen LogP contribution in [0.5, 0.6) is 0 Å². The van der Waals surface area contributed by atoms with Gasteiger partial charge in [-0.25, -0.2) is 4.98 Å². The van der Waals surface area contributed by atoms with Gasteiger partial charge in [-0.3, -0.25) is 0 Å². The van der Waals surface area contributed by atoms with E-state index in [1.807, 2.05) is 0 Å². The Morgan fingerprint density at radius 3 is 2.28 bits per heavy atom. The van der Waals surface area contributed by atoms with E-state index in [0.717, 1.165) is 12.1 Å². The number of nitrogens with zero attached hydrogens (tertiary/aromatic N) is 1. The van der Waals surface area contributed by atoms with Crippen molar-refractivity contribution in [3.8, 4) is 11.5 Å². The molecule has 0 unspecified atom stereocenters. The lowest BCUT2D eigenvalue weighted by molar-refractivity contribution is -0.137. The molecule has 0 spiro atoms. The Balaban J connectivity index is 2.34. The van der Waals surface area contributed by atoms with E-state index >= 15 is 0 Å². The molecule has 0 atom stereocenters. The molecule has 96 valence electrons. The van der Waals surface area contributed by atoms with E-state index in [2.05, 4.69) is 4.98 Å². The first-order chi connectivity index (χ1) is 8.41. The Morgan fingerprint density at radius 1 is 1.22 bits per heavy atom. The Hall–Kier alpha value is -1.82. The van der Waals surface area contributed by atoms with Crippen LogP contribution in [0.3, 0.4) is 0 Å². The zero-order valence-electron chi connectivity index (χ0n) is 9.58. The van der Waals surface area contributed by atoms with E-state index in [9.17, 15) is 13.2 Å². The fraction of sp³-hybridized carbons (Fsp3) is 0.250. The first-order valence-electron chi connectivity index (χ1n) is 5.26. The summed E-state index contributed by atoms with van der Waals surface area (Å²) in [6.07, 6.45) is -4.34. The van der Waals surface area contributed by atoms with Crippen molar-refractivity contribution in [3.63, 3.8) is 0 Å². The second-order valence-corrected chi connectivity index (χ2v) is 3.80. The van der Waals surface area contributed by atoms with Crippen LogP contribution >= 0.6 is 0 Å². The third kappa shape index (κ3) is 2.38. The third-order valence-electron chi connectivity index (χ3n) is 2.55. The van der Waals surface area contributed by atoms with Gasteiger partial charge in [0.25, 0.3) is 0 Å². The number of hydrogen-bond donors (Lipinski definition) is 1. The maximum Gasteiger partial charge on any atom is 0.416 e. The minimum Gasteiger partial charge on any atom is -0.441 e. The molecule has 0 aliphatic rings. The summed E-state index contributed by atoms with van der Waals surface area (Å²) < 4.78 is 42.5. The zero-order chi connectivity index (χ0) is 13.3. The molecule has 2 aromatic rings. The molecule has 1 aromatic heterocycles. The van der Waals surface area contributed by atoms with Crippen LogP contribution in [0.2, 0.25) is 0 Å². The Morgan fingerprint density at radius 2 is 1.83 bits per heavy atom. The molecule has 2 rings (SSSR count). The number of aryl methyl sites for hydroxylation is 1. The molecular formula is C12H11F3N2O. The van der Waals surface area contributed by atoms with Crippen LogP contribution in [0.4, 0.5) is 13.2 Å². The molecule has 0 saturated carbocycles. The molecule has 18 heavy (non-hydrogen) atoms. The number of oxazole rings is 1. The number of alkyl halides is 3. The molecule has 0 aliphatic heterocycles. The fourth-order valence-corrected chi connectivity index (χ4v) is 1.54. The molecule has 3 nitrogen and oxygen atoms in total. The van der Waals surface area contributed by atoms with Crippen molar-refractivity contribution in [2.45, 2.75) is 19.6 Å². The molecular weight excluding hydrogens is 245 g/mol. The van der Waals surface area contributed by atoms with Gasteiger partial charge in [0.1, 0.15) is 5.76 Å². The zero-order valence-corrected chi connectivity index (χ0v) is 9.58. The number of halogens is 3. The summed E-state index contributed by atoms with van der Waals surface area (Å²) in [4.78, 5) is 4.12. The predicted octanol–water partition coefficient (Wildman–Crippen LogP) is 3.13. The van der Waals surface area contributed by atoms with Crippen molar-refractivity contribution in [3.05, 3.63) is 41.3 Å². The van der Waals surface area contributed by atoms with Crippen molar-refractivity contribution in [2.75, 3.05) is 0 Å². The summed E-state index contributed by atoms with van der Waals surface area (Å²) in [5.41, 5.74) is 5.84. The van der Waals surface area contributed by atoms with Crippen LogP contribution in [-0.2, 0) is 12.7 Å². The largest absolute Gasteiger partial charge is 0.441 e. The number of benzene rings is 1. The van der Waals surface area contributed by atoms with Crippen LogP contribution in [-0.4, -0.2) is 4.98 Å². The molecule has 2 N–H and O–H groups in total. The molecule has 0 aliphatic carbocycles. The van der Waals surface area contributed by atoms with E-state index in [0.29, 0.717) is 17.0 Å². The molecule has 0 amide bonds. The smallest absolute Gasteiger partial charge is 0.416 e. The monoisotopic (exact) mass is 256 g/mol. The summed E-state index contributed by atoms with van der Waals surface area (Å²) in [6.45, 7) is 1.94. The van der Waals surface area contributed by atoms with Gasteiger partial charge in [0.15, 0.2) is 0 Å². The fourth-order valence-electron chi connectivity index (χ4n) is 1.54. The number of nitrogens with two attached hydrogens (primary N) is 1. The SMILES string of the molecule is Cc1oc(-c2ccc(C(F)(F)F)cc2)nc1CN. The minimum absolute atomic E-state index is 0.232. The van der Waals surface area contributed by atoms with Gasteiger partial charge in [-0.2, -0.15) is 13.2 Å². The van der Waals surface area contributed by atoms with Crippen LogP contribution in [0.25, 0.3) is 11.5 Å². The molecule has 6 heteroatoms. The van der Waals surface area contributed by atoms with Crippen LogP contribution in [0, 0.1) is 6.92 Å². The van der Waals surface area contributed by atoms with Crippen LogP contribution < -0.4 is 5.73 Å². The lowest BCUT2D eigenvalue weighted by atomic mass is 10.1. The average Bonchev–Trinajstić information content (AvgIpc) is 2.69. The average molecular weight is 256 g/mol. The molecule has 1 aromatic carbocycles. The lowest BCUT2D eigenvalue weighted by Crippen LogP contribution is -2.04. The van der Waals surface area contributed by atoms with E-state index < -0.39 is 11.7 Å².